The van der Waals surface area contributed by atoms with Gasteiger partial charge in [-0.3, -0.25) is 14.6 Å². The van der Waals surface area contributed by atoms with Crippen LogP contribution in [0.1, 0.15) is 85.1 Å². The Morgan fingerprint density at radius 2 is 1.54 bits per heavy atom. The summed E-state index contributed by atoms with van der Waals surface area (Å²) < 4.78 is 17.1. The van der Waals surface area contributed by atoms with Gasteiger partial charge in [-0.2, -0.15) is 0 Å². The third-order valence-electron chi connectivity index (χ3n) is 10.9. The van der Waals surface area contributed by atoms with Crippen molar-refractivity contribution in [2.75, 3.05) is 39.9 Å². The molecule has 0 saturated carbocycles. The first-order valence-electron chi connectivity index (χ1n) is 21.0. The number of benzene rings is 3. The lowest BCUT2D eigenvalue weighted by Crippen LogP contribution is -2.35. The topological polar surface area (TPSA) is 175 Å². The summed E-state index contributed by atoms with van der Waals surface area (Å²) in [5.41, 5.74) is 20.5. The van der Waals surface area contributed by atoms with Crippen molar-refractivity contribution in [2.24, 2.45) is 21.5 Å². The van der Waals surface area contributed by atoms with Crippen molar-refractivity contribution in [3.63, 3.8) is 0 Å². The molecule has 1 fully saturated rings. The number of nitrogens with two attached hydrogens (primary N) is 2. The summed E-state index contributed by atoms with van der Waals surface area (Å²) in [6.07, 6.45) is 10.3. The Hall–Kier alpha value is -6.76. The first-order chi connectivity index (χ1) is 29.6. The van der Waals surface area contributed by atoms with Crippen molar-refractivity contribution in [3.05, 3.63) is 112 Å². The molecule has 3 aliphatic rings. The van der Waals surface area contributed by atoms with Gasteiger partial charge in [-0.25, -0.2) is 14.8 Å². The molecule has 7 rings (SSSR count). The van der Waals surface area contributed by atoms with E-state index in [1.165, 1.54) is 0 Å². The zero-order chi connectivity index (χ0) is 42.9. The molecule has 1 saturated heterocycles. The van der Waals surface area contributed by atoms with Gasteiger partial charge in [0.1, 0.15) is 29.8 Å². The van der Waals surface area contributed by atoms with Crippen LogP contribution in [0, 0.1) is 0 Å². The molecule has 13 nitrogen and oxygen atoms in total. The van der Waals surface area contributed by atoms with Crippen LogP contribution in [0.25, 0.3) is 23.3 Å². The van der Waals surface area contributed by atoms with E-state index in [1.807, 2.05) is 88.8 Å². The molecule has 1 aromatic heterocycles. The summed E-state index contributed by atoms with van der Waals surface area (Å²) in [6, 6.07) is 20.8. The van der Waals surface area contributed by atoms with Crippen LogP contribution in [0.5, 0.6) is 11.5 Å². The summed E-state index contributed by atoms with van der Waals surface area (Å²) in [4.78, 5) is 57.1. The predicted molar refractivity (Wildman–Crippen MR) is 238 cm³/mol. The van der Waals surface area contributed by atoms with E-state index in [2.05, 4.69) is 16.9 Å². The second-order valence-corrected chi connectivity index (χ2v) is 15.4. The van der Waals surface area contributed by atoms with Crippen LogP contribution in [-0.2, 0) is 27.4 Å². The second kappa shape index (κ2) is 19.5. The number of ether oxygens (including phenoxy) is 3. The molecule has 0 unspecified atom stereocenters. The molecule has 2 amide bonds. The fourth-order valence-corrected chi connectivity index (χ4v) is 7.78. The van der Waals surface area contributed by atoms with Crippen LogP contribution in [0.3, 0.4) is 0 Å². The molecule has 0 atom stereocenters. The number of hydrogen-bond donors (Lipinski definition) is 2. The van der Waals surface area contributed by atoms with Crippen LogP contribution in [0.15, 0.2) is 94.1 Å². The Morgan fingerprint density at radius 3 is 2.25 bits per heavy atom. The van der Waals surface area contributed by atoms with Crippen LogP contribution in [0.2, 0.25) is 0 Å². The van der Waals surface area contributed by atoms with E-state index in [-0.39, 0.29) is 37.9 Å². The normalized spacial score (nSPS) is 14.6. The molecule has 0 aliphatic carbocycles. The number of likely N-dealkylation sites (tertiary alicyclic amines) is 1. The monoisotopic (exact) mass is 823 g/mol. The first kappa shape index (κ1) is 42.4. The molecule has 61 heavy (non-hydrogen) atoms. The van der Waals surface area contributed by atoms with Gasteiger partial charge in [0.2, 0.25) is 5.91 Å². The average molecular weight is 824 g/mol. The molecule has 0 radical (unpaired) electrons. The lowest BCUT2D eigenvalue weighted by Gasteiger charge is -2.23. The SMILES string of the molecule is CCCN(CCCc1ccc(COc2ccc3c(c2)C=C(C(=O)OCC)CC(N)=N3)nc1)C(=O)C1=Cc2cc(OC)c(-c3ccc(C(=O)N4CCCC4)cc3)cc2N=C(N)C1. The lowest BCUT2D eigenvalue weighted by atomic mass is 9.98. The third kappa shape index (κ3) is 10.3. The Kier molecular flexibility index (Phi) is 13.6. The molecule has 3 aliphatic heterocycles. The fraction of sp³-hybridized carbons (Fsp3) is 0.333. The zero-order valence-corrected chi connectivity index (χ0v) is 35.1. The third-order valence-corrected chi connectivity index (χ3v) is 10.9. The van der Waals surface area contributed by atoms with E-state index in [1.54, 1.807) is 20.1 Å². The summed E-state index contributed by atoms with van der Waals surface area (Å²) in [7, 11) is 1.62. The molecular weight excluding hydrogens is 771 g/mol. The maximum atomic E-state index is 14.1. The van der Waals surface area contributed by atoms with Crippen molar-refractivity contribution >= 4 is 53.0 Å². The first-order valence-corrected chi connectivity index (χ1v) is 21.0. The minimum atomic E-state index is -0.416. The maximum absolute atomic E-state index is 14.1. The van der Waals surface area contributed by atoms with Gasteiger partial charge in [0.05, 0.1) is 30.8 Å². The van der Waals surface area contributed by atoms with Gasteiger partial charge in [-0.05, 0) is 111 Å². The van der Waals surface area contributed by atoms with Crippen LogP contribution >= 0.6 is 0 Å². The summed E-state index contributed by atoms with van der Waals surface area (Å²) in [6.45, 7) is 7.12. The number of methoxy groups -OCH3 is 1. The highest BCUT2D eigenvalue weighted by Crippen LogP contribution is 2.39. The highest BCUT2D eigenvalue weighted by atomic mass is 16.5. The number of nitrogens with zero attached hydrogens (tertiary/aromatic N) is 5. The van der Waals surface area contributed by atoms with Gasteiger partial charge in [0, 0.05) is 78.6 Å². The molecule has 0 spiro atoms. The largest absolute Gasteiger partial charge is 0.496 e. The minimum absolute atomic E-state index is 0.0533. The van der Waals surface area contributed by atoms with Crippen LogP contribution in [-0.4, -0.2) is 84.1 Å². The average Bonchev–Trinajstić information content (AvgIpc) is 3.69. The van der Waals surface area contributed by atoms with E-state index in [0.29, 0.717) is 64.3 Å². The smallest absolute Gasteiger partial charge is 0.334 e. The standard InChI is InChI=1S/C48H53N7O6/c1-4-18-54(21-8-9-31-10-15-38(51-29-31)30-61-39-16-17-41-34(24-39)23-37(27-45(50)52-41)48(58)60-5-2)47(57)36-22-35-25-43(59-3)40(28-42(35)53-44(49)26-36)32-11-13-33(14-12-32)46(56)55-19-6-7-20-55/h10-17,22-25,28-29H,4-9,18-21,26-27,30H2,1-3H3,(H2,49,53)(H2,50,52). The molecule has 4 N–H and O–H groups in total. The van der Waals surface area contributed by atoms with E-state index in [0.717, 1.165) is 78.7 Å². The van der Waals surface area contributed by atoms with Gasteiger partial charge in [0.25, 0.3) is 5.91 Å². The highest BCUT2D eigenvalue weighted by Gasteiger charge is 2.24. The Morgan fingerprint density at radius 1 is 0.820 bits per heavy atom. The summed E-state index contributed by atoms with van der Waals surface area (Å²) in [5, 5.41) is 0. The summed E-state index contributed by atoms with van der Waals surface area (Å²) in [5.74, 6) is 1.50. The van der Waals surface area contributed by atoms with Gasteiger partial charge >= 0.3 is 5.97 Å². The number of rotatable bonds is 15. The van der Waals surface area contributed by atoms with E-state index in [4.69, 9.17) is 30.7 Å². The minimum Gasteiger partial charge on any atom is -0.496 e. The van der Waals surface area contributed by atoms with E-state index in [9.17, 15) is 14.4 Å². The van der Waals surface area contributed by atoms with Crippen LogP contribution in [0.4, 0.5) is 11.4 Å². The Labute approximate surface area is 356 Å². The number of aliphatic imine (C=N–C) groups is 2. The van der Waals surface area contributed by atoms with Crippen molar-refractivity contribution < 1.29 is 28.6 Å². The van der Waals surface area contributed by atoms with Gasteiger partial charge in [-0.15, -0.1) is 0 Å². The lowest BCUT2D eigenvalue weighted by molar-refractivity contribution is -0.138. The Bertz CT molecular complexity index is 2400. The number of amidine groups is 2. The van der Waals surface area contributed by atoms with E-state index >= 15 is 0 Å². The van der Waals surface area contributed by atoms with Gasteiger partial charge in [-0.1, -0.05) is 25.1 Å². The van der Waals surface area contributed by atoms with Crippen molar-refractivity contribution in [2.45, 2.75) is 65.4 Å². The number of carbonyl (C=O) groups is 3. The zero-order valence-electron chi connectivity index (χ0n) is 35.1. The molecule has 4 aromatic rings. The molecular formula is C48H53N7O6. The summed E-state index contributed by atoms with van der Waals surface area (Å²) >= 11 is 0. The number of aryl methyl sites for hydroxylation is 1. The van der Waals surface area contributed by atoms with E-state index < -0.39 is 5.97 Å². The molecule has 0 bridgehead atoms. The predicted octanol–water partition coefficient (Wildman–Crippen LogP) is 7.56. The molecule has 3 aromatic carbocycles. The molecule has 4 heterocycles. The van der Waals surface area contributed by atoms with Crippen molar-refractivity contribution in [3.8, 4) is 22.6 Å². The number of esters is 1. The number of pyridine rings is 1. The number of aromatic nitrogens is 1. The number of fused-ring (bicyclic) bond motifs is 2. The molecule has 316 valence electrons. The molecule has 13 heteroatoms. The number of amides is 2. The van der Waals surface area contributed by atoms with Gasteiger partial charge in [0.15, 0.2) is 0 Å². The Balaban J connectivity index is 0.971. The second-order valence-electron chi connectivity index (χ2n) is 15.4. The van der Waals surface area contributed by atoms with Gasteiger partial charge < -0.3 is 35.5 Å². The van der Waals surface area contributed by atoms with Crippen molar-refractivity contribution in [1.29, 1.82) is 0 Å². The number of hydrogen-bond acceptors (Lipinski definition) is 11. The van der Waals surface area contributed by atoms with Crippen molar-refractivity contribution in [1.82, 2.24) is 14.8 Å². The maximum Gasteiger partial charge on any atom is 0.334 e. The quantitative estimate of drug-likeness (QED) is 0.115. The number of carbonyl (C=O) groups excluding carboxylic acids is 3. The highest BCUT2D eigenvalue weighted by molar-refractivity contribution is 6.06. The van der Waals surface area contributed by atoms with Crippen LogP contribution < -0.4 is 20.9 Å². The fourth-order valence-electron chi connectivity index (χ4n) is 7.78.